The number of nitrogens with one attached hydrogen (secondary N) is 1. The zero-order valence-corrected chi connectivity index (χ0v) is 20.2. The first kappa shape index (κ1) is 24.5. The Morgan fingerprint density at radius 1 is 0.800 bits per heavy atom. The van der Waals surface area contributed by atoms with E-state index in [0.29, 0.717) is 13.1 Å². The van der Waals surface area contributed by atoms with E-state index in [2.05, 4.69) is 11.4 Å². The Hall–Kier alpha value is -3.66. The number of carbonyl (C=O) groups is 2. The summed E-state index contributed by atoms with van der Waals surface area (Å²) in [6.45, 7) is 0.949. The topological polar surface area (TPSA) is 49.4 Å². The van der Waals surface area contributed by atoms with Gasteiger partial charge in [-0.3, -0.25) is 9.59 Å². The molecule has 0 aliphatic heterocycles. The highest BCUT2D eigenvalue weighted by Crippen LogP contribution is 2.25. The molecule has 1 aliphatic rings. The van der Waals surface area contributed by atoms with Crippen molar-refractivity contribution < 1.29 is 9.59 Å². The first-order valence-electron chi connectivity index (χ1n) is 12.6. The van der Waals surface area contributed by atoms with Gasteiger partial charge < -0.3 is 10.2 Å². The van der Waals surface area contributed by atoms with Crippen molar-refractivity contribution in [1.29, 1.82) is 0 Å². The highest BCUT2D eigenvalue weighted by molar-refractivity contribution is 5.89. The number of allylic oxidation sites excluding steroid dienone is 1. The predicted molar refractivity (Wildman–Crippen MR) is 140 cm³/mol. The maximum Gasteiger partial charge on any atom is 0.247 e. The number of rotatable bonds is 10. The third kappa shape index (κ3) is 7.16. The number of carbonyl (C=O) groups excluding carboxylic acids is 2. The van der Waals surface area contributed by atoms with E-state index >= 15 is 0 Å². The predicted octanol–water partition coefficient (Wildman–Crippen LogP) is 6.01. The van der Waals surface area contributed by atoms with Gasteiger partial charge in [-0.1, -0.05) is 103 Å². The van der Waals surface area contributed by atoms with E-state index in [0.717, 1.165) is 36.0 Å². The molecule has 180 valence electrons. The van der Waals surface area contributed by atoms with Gasteiger partial charge in [0.2, 0.25) is 11.8 Å². The highest BCUT2D eigenvalue weighted by Gasteiger charge is 2.31. The van der Waals surface area contributed by atoms with E-state index < -0.39 is 6.04 Å². The molecule has 0 bridgehead atoms. The SMILES string of the molecule is O=C(NCCC1=CCCCC1)C(c1ccccc1)N(Cc1ccccc1)C(=O)Cc1ccccc1. The van der Waals surface area contributed by atoms with Crippen LogP contribution in [0, 0.1) is 0 Å². The summed E-state index contributed by atoms with van der Waals surface area (Å²) >= 11 is 0. The lowest BCUT2D eigenvalue weighted by Gasteiger charge is -2.32. The summed E-state index contributed by atoms with van der Waals surface area (Å²) in [5.41, 5.74) is 4.18. The molecule has 0 radical (unpaired) electrons. The summed E-state index contributed by atoms with van der Waals surface area (Å²) in [4.78, 5) is 29.1. The summed E-state index contributed by atoms with van der Waals surface area (Å²) in [6, 6.07) is 28.5. The van der Waals surface area contributed by atoms with Crippen LogP contribution in [0.4, 0.5) is 0 Å². The van der Waals surface area contributed by atoms with Gasteiger partial charge >= 0.3 is 0 Å². The molecule has 0 aromatic heterocycles. The molecule has 2 amide bonds. The summed E-state index contributed by atoms with van der Waals surface area (Å²) in [5, 5.41) is 3.14. The molecular weight excluding hydrogens is 432 g/mol. The molecule has 35 heavy (non-hydrogen) atoms. The van der Waals surface area contributed by atoms with Crippen LogP contribution in [0.5, 0.6) is 0 Å². The Labute approximate surface area is 208 Å². The Morgan fingerprint density at radius 3 is 2.06 bits per heavy atom. The van der Waals surface area contributed by atoms with Crippen LogP contribution in [0.25, 0.3) is 0 Å². The molecular formula is C31H34N2O2. The molecule has 1 unspecified atom stereocenters. The van der Waals surface area contributed by atoms with Gasteiger partial charge in [-0.15, -0.1) is 0 Å². The van der Waals surface area contributed by atoms with Gasteiger partial charge in [0, 0.05) is 13.1 Å². The van der Waals surface area contributed by atoms with Gasteiger partial charge in [-0.05, 0) is 48.8 Å². The highest BCUT2D eigenvalue weighted by atomic mass is 16.2. The fourth-order valence-electron chi connectivity index (χ4n) is 4.66. The largest absolute Gasteiger partial charge is 0.354 e. The quantitative estimate of drug-likeness (QED) is 0.372. The minimum atomic E-state index is -0.701. The molecule has 0 spiro atoms. The molecule has 3 aromatic rings. The number of amides is 2. The minimum Gasteiger partial charge on any atom is -0.354 e. The average molecular weight is 467 g/mol. The van der Waals surface area contributed by atoms with E-state index in [1.165, 1.54) is 18.4 Å². The molecule has 4 rings (SSSR count). The van der Waals surface area contributed by atoms with Crippen molar-refractivity contribution >= 4 is 11.8 Å². The zero-order chi connectivity index (χ0) is 24.3. The van der Waals surface area contributed by atoms with Crippen LogP contribution in [0.3, 0.4) is 0 Å². The summed E-state index contributed by atoms with van der Waals surface area (Å²) in [6.07, 6.45) is 8.16. The number of hydrogen-bond donors (Lipinski definition) is 1. The van der Waals surface area contributed by atoms with Crippen LogP contribution in [0.1, 0.15) is 54.8 Å². The lowest BCUT2D eigenvalue weighted by atomic mass is 9.97. The van der Waals surface area contributed by atoms with Gasteiger partial charge in [0.15, 0.2) is 0 Å². The summed E-state index contributed by atoms with van der Waals surface area (Å²) < 4.78 is 0. The van der Waals surface area contributed by atoms with Crippen molar-refractivity contribution in [2.24, 2.45) is 0 Å². The molecule has 1 aliphatic carbocycles. The molecule has 0 fully saturated rings. The van der Waals surface area contributed by atoms with E-state index in [-0.39, 0.29) is 18.2 Å². The van der Waals surface area contributed by atoms with E-state index in [1.54, 1.807) is 4.90 Å². The average Bonchev–Trinajstić information content (AvgIpc) is 2.91. The van der Waals surface area contributed by atoms with Gasteiger partial charge in [-0.25, -0.2) is 0 Å². The van der Waals surface area contributed by atoms with Crippen molar-refractivity contribution in [3.05, 3.63) is 119 Å². The molecule has 0 saturated carbocycles. The first-order chi connectivity index (χ1) is 17.2. The second kappa shape index (κ2) is 12.7. The number of nitrogens with zero attached hydrogens (tertiary/aromatic N) is 1. The maximum atomic E-state index is 13.7. The van der Waals surface area contributed by atoms with Crippen LogP contribution in [0.2, 0.25) is 0 Å². The third-order valence-corrected chi connectivity index (χ3v) is 6.52. The summed E-state index contributed by atoms with van der Waals surface area (Å²) in [7, 11) is 0. The Bertz CT molecular complexity index is 1110. The molecule has 3 aromatic carbocycles. The van der Waals surface area contributed by atoms with Crippen molar-refractivity contribution in [2.45, 2.75) is 51.1 Å². The number of hydrogen-bond acceptors (Lipinski definition) is 2. The van der Waals surface area contributed by atoms with Crippen LogP contribution in [-0.4, -0.2) is 23.3 Å². The lowest BCUT2D eigenvalue weighted by molar-refractivity contribution is -0.141. The molecule has 4 nitrogen and oxygen atoms in total. The maximum absolute atomic E-state index is 13.7. The Kier molecular flexibility index (Phi) is 8.88. The van der Waals surface area contributed by atoms with E-state index in [4.69, 9.17) is 0 Å². The van der Waals surface area contributed by atoms with Gasteiger partial charge in [0.1, 0.15) is 6.04 Å². The van der Waals surface area contributed by atoms with Crippen molar-refractivity contribution in [2.75, 3.05) is 6.54 Å². The fraction of sp³-hybridized carbons (Fsp3) is 0.290. The smallest absolute Gasteiger partial charge is 0.247 e. The molecule has 1 atom stereocenters. The monoisotopic (exact) mass is 466 g/mol. The van der Waals surface area contributed by atoms with Crippen molar-refractivity contribution in [3.8, 4) is 0 Å². The normalized spacial score (nSPS) is 14.0. The van der Waals surface area contributed by atoms with Crippen molar-refractivity contribution in [1.82, 2.24) is 10.2 Å². The van der Waals surface area contributed by atoms with Crippen LogP contribution < -0.4 is 5.32 Å². The van der Waals surface area contributed by atoms with Gasteiger partial charge in [0.25, 0.3) is 0 Å². The molecule has 0 saturated heterocycles. The Morgan fingerprint density at radius 2 is 1.43 bits per heavy atom. The van der Waals surface area contributed by atoms with Gasteiger partial charge in [0.05, 0.1) is 6.42 Å². The second-order valence-corrected chi connectivity index (χ2v) is 9.13. The van der Waals surface area contributed by atoms with Crippen LogP contribution in [-0.2, 0) is 22.6 Å². The van der Waals surface area contributed by atoms with E-state index in [9.17, 15) is 9.59 Å². The second-order valence-electron chi connectivity index (χ2n) is 9.13. The number of benzene rings is 3. The van der Waals surface area contributed by atoms with E-state index in [1.807, 2.05) is 91.0 Å². The molecule has 1 N–H and O–H groups in total. The molecule has 4 heteroatoms. The standard InChI is InChI=1S/C31H34N2O2/c34-29(23-26-15-7-2-8-16-26)33(24-27-17-9-3-10-18-27)30(28-19-11-4-12-20-28)31(35)32-22-21-25-13-5-1-6-14-25/h2-4,7-13,15-20,30H,1,5-6,14,21-24H2,(H,32,35). The third-order valence-electron chi connectivity index (χ3n) is 6.52. The lowest BCUT2D eigenvalue weighted by Crippen LogP contribution is -2.44. The molecule has 0 heterocycles. The summed E-state index contributed by atoms with van der Waals surface area (Å²) in [5.74, 6) is -0.205. The zero-order valence-electron chi connectivity index (χ0n) is 20.2. The van der Waals surface area contributed by atoms with Crippen LogP contribution >= 0.6 is 0 Å². The van der Waals surface area contributed by atoms with Gasteiger partial charge in [-0.2, -0.15) is 0 Å². The first-order valence-corrected chi connectivity index (χ1v) is 12.6. The van der Waals surface area contributed by atoms with Crippen LogP contribution in [0.15, 0.2) is 103 Å². The van der Waals surface area contributed by atoms with Crippen molar-refractivity contribution in [3.63, 3.8) is 0 Å². The fourth-order valence-corrected chi connectivity index (χ4v) is 4.66. The minimum absolute atomic E-state index is 0.0703. The Balaban J connectivity index is 1.59.